The van der Waals surface area contributed by atoms with Crippen molar-refractivity contribution < 1.29 is 14.7 Å². The van der Waals surface area contributed by atoms with E-state index < -0.39 is 5.97 Å². The smallest absolute Gasteiger partial charge is 0.335 e. The van der Waals surface area contributed by atoms with Gasteiger partial charge in [0, 0.05) is 18.7 Å². The van der Waals surface area contributed by atoms with Crippen molar-refractivity contribution in [3.63, 3.8) is 0 Å². The zero-order valence-corrected chi connectivity index (χ0v) is 12.1. The van der Waals surface area contributed by atoms with E-state index in [4.69, 9.17) is 5.11 Å². The van der Waals surface area contributed by atoms with Crippen molar-refractivity contribution in [1.82, 2.24) is 4.90 Å². The normalized spacial score (nSPS) is 15.9. The molecule has 0 radical (unpaired) electrons. The summed E-state index contributed by atoms with van der Waals surface area (Å²) in [5.74, 6) is -1.08. The van der Waals surface area contributed by atoms with Crippen LogP contribution in [0.2, 0.25) is 0 Å². The minimum atomic E-state index is -0.997. The molecule has 0 unspecified atom stereocenters. The monoisotopic (exact) mass is 275 g/mol. The molecule has 0 aromatic heterocycles. The maximum atomic E-state index is 12.5. The Balaban J connectivity index is 2.21. The van der Waals surface area contributed by atoms with E-state index in [1.165, 1.54) is 12.5 Å². The molecule has 0 spiro atoms. The summed E-state index contributed by atoms with van der Waals surface area (Å²) < 4.78 is 0. The van der Waals surface area contributed by atoms with Crippen molar-refractivity contribution in [2.75, 3.05) is 7.05 Å². The SMILES string of the molecule is Cc1cc(C(=O)O)cc(C(=O)N(C)C2CCCCC2)c1. The van der Waals surface area contributed by atoms with Gasteiger partial charge in [0.25, 0.3) is 5.91 Å². The van der Waals surface area contributed by atoms with Gasteiger partial charge in [-0.1, -0.05) is 19.3 Å². The highest BCUT2D eigenvalue weighted by Gasteiger charge is 2.23. The molecular weight excluding hydrogens is 254 g/mol. The number of aryl methyl sites for hydroxylation is 1. The first-order chi connectivity index (χ1) is 9.49. The molecule has 1 amide bonds. The summed E-state index contributed by atoms with van der Waals surface area (Å²) in [6, 6.07) is 5.09. The Bertz CT molecular complexity index is 518. The molecule has 0 aliphatic heterocycles. The molecule has 0 bridgehead atoms. The molecule has 4 heteroatoms. The fourth-order valence-corrected chi connectivity index (χ4v) is 2.87. The topological polar surface area (TPSA) is 57.6 Å². The molecule has 1 aromatic carbocycles. The second-order valence-electron chi connectivity index (χ2n) is 5.60. The van der Waals surface area contributed by atoms with Crippen LogP contribution in [0.3, 0.4) is 0 Å². The molecule has 2 rings (SSSR count). The van der Waals surface area contributed by atoms with E-state index >= 15 is 0 Å². The number of benzene rings is 1. The Morgan fingerprint density at radius 2 is 1.70 bits per heavy atom. The summed E-state index contributed by atoms with van der Waals surface area (Å²) in [6.45, 7) is 1.81. The van der Waals surface area contributed by atoms with Crippen LogP contribution in [0.25, 0.3) is 0 Å². The maximum Gasteiger partial charge on any atom is 0.335 e. The third kappa shape index (κ3) is 3.18. The summed E-state index contributed by atoms with van der Waals surface area (Å²) in [6.07, 6.45) is 5.65. The largest absolute Gasteiger partial charge is 0.478 e. The van der Waals surface area contributed by atoms with Crippen LogP contribution in [0.5, 0.6) is 0 Å². The number of rotatable bonds is 3. The van der Waals surface area contributed by atoms with Crippen LogP contribution in [0.4, 0.5) is 0 Å². The van der Waals surface area contributed by atoms with Gasteiger partial charge in [-0.2, -0.15) is 0 Å². The van der Waals surface area contributed by atoms with Crippen LogP contribution >= 0.6 is 0 Å². The predicted molar refractivity (Wildman–Crippen MR) is 77.1 cm³/mol. The van der Waals surface area contributed by atoms with Gasteiger partial charge < -0.3 is 10.0 Å². The fourth-order valence-electron chi connectivity index (χ4n) is 2.87. The molecule has 1 aromatic rings. The van der Waals surface area contributed by atoms with Crippen LogP contribution in [0.15, 0.2) is 18.2 Å². The lowest BCUT2D eigenvalue weighted by Crippen LogP contribution is -2.38. The van der Waals surface area contributed by atoms with Gasteiger partial charge in [0.1, 0.15) is 0 Å². The summed E-state index contributed by atoms with van der Waals surface area (Å²) in [7, 11) is 1.82. The molecule has 1 aliphatic carbocycles. The highest BCUT2D eigenvalue weighted by atomic mass is 16.4. The third-order valence-electron chi connectivity index (χ3n) is 4.01. The first-order valence-corrected chi connectivity index (χ1v) is 7.11. The van der Waals surface area contributed by atoms with Crippen molar-refractivity contribution in [1.29, 1.82) is 0 Å². The van der Waals surface area contributed by atoms with Gasteiger partial charge in [0.2, 0.25) is 0 Å². The first-order valence-electron chi connectivity index (χ1n) is 7.11. The van der Waals surface area contributed by atoms with Crippen molar-refractivity contribution in [3.05, 3.63) is 34.9 Å². The number of nitrogens with zero attached hydrogens (tertiary/aromatic N) is 1. The summed E-state index contributed by atoms with van der Waals surface area (Å²) >= 11 is 0. The maximum absolute atomic E-state index is 12.5. The van der Waals surface area contributed by atoms with Gasteiger partial charge in [-0.25, -0.2) is 4.79 Å². The van der Waals surface area contributed by atoms with Crippen molar-refractivity contribution in [2.24, 2.45) is 0 Å². The van der Waals surface area contributed by atoms with E-state index in [9.17, 15) is 9.59 Å². The average molecular weight is 275 g/mol. The van der Waals surface area contributed by atoms with E-state index in [2.05, 4.69) is 0 Å². The highest BCUT2D eigenvalue weighted by Crippen LogP contribution is 2.23. The third-order valence-corrected chi connectivity index (χ3v) is 4.01. The zero-order valence-electron chi connectivity index (χ0n) is 12.1. The summed E-state index contributed by atoms with van der Waals surface area (Å²) in [4.78, 5) is 25.4. The molecule has 1 N–H and O–H groups in total. The molecule has 0 atom stereocenters. The van der Waals surface area contributed by atoms with Crippen LogP contribution in [-0.2, 0) is 0 Å². The molecule has 108 valence electrons. The van der Waals surface area contributed by atoms with E-state index in [0.717, 1.165) is 31.2 Å². The van der Waals surface area contributed by atoms with Gasteiger partial charge >= 0.3 is 5.97 Å². The van der Waals surface area contributed by atoms with Crippen LogP contribution in [0.1, 0.15) is 58.4 Å². The van der Waals surface area contributed by atoms with Gasteiger partial charge in [-0.3, -0.25) is 4.79 Å². The van der Waals surface area contributed by atoms with Crippen molar-refractivity contribution in [2.45, 2.75) is 45.1 Å². The molecule has 1 aliphatic rings. The number of aromatic carboxylic acids is 1. The minimum absolute atomic E-state index is 0.0805. The van der Waals surface area contributed by atoms with E-state index in [0.29, 0.717) is 5.56 Å². The molecule has 20 heavy (non-hydrogen) atoms. The lowest BCUT2D eigenvalue weighted by atomic mass is 9.94. The average Bonchev–Trinajstić information content (AvgIpc) is 2.46. The number of carboxylic acids is 1. The lowest BCUT2D eigenvalue weighted by Gasteiger charge is -2.31. The molecular formula is C16H21NO3. The molecule has 0 heterocycles. The Kier molecular flexibility index (Phi) is 4.42. The number of carbonyl (C=O) groups is 2. The van der Waals surface area contributed by atoms with Gasteiger partial charge in [0.15, 0.2) is 0 Å². The van der Waals surface area contributed by atoms with Crippen LogP contribution < -0.4 is 0 Å². The van der Waals surface area contributed by atoms with Gasteiger partial charge in [0.05, 0.1) is 5.56 Å². The second-order valence-corrected chi connectivity index (χ2v) is 5.60. The van der Waals surface area contributed by atoms with Crippen molar-refractivity contribution in [3.8, 4) is 0 Å². The fraction of sp³-hybridized carbons (Fsp3) is 0.500. The van der Waals surface area contributed by atoms with Crippen LogP contribution in [-0.4, -0.2) is 35.0 Å². The quantitative estimate of drug-likeness (QED) is 0.922. The van der Waals surface area contributed by atoms with Gasteiger partial charge in [-0.15, -0.1) is 0 Å². The molecule has 4 nitrogen and oxygen atoms in total. The second kappa shape index (κ2) is 6.07. The Hall–Kier alpha value is -1.84. The predicted octanol–water partition coefficient (Wildman–Crippen LogP) is 3.10. The molecule has 1 saturated carbocycles. The first kappa shape index (κ1) is 14.6. The number of carbonyl (C=O) groups excluding carboxylic acids is 1. The standard InChI is InChI=1S/C16H21NO3/c1-11-8-12(10-13(9-11)16(19)20)15(18)17(2)14-6-4-3-5-7-14/h8-10,14H,3-7H2,1-2H3,(H,19,20). The Morgan fingerprint density at radius 3 is 2.30 bits per heavy atom. The number of hydrogen-bond donors (Lipinski definition) is 1. The lowest BCUT2D eigenvalue weighted by molar-refractivity contribution is 0.0696. The van der Waals surface area contributed by atoms with Crippen molar-refractivity contribution >= 4 is 11.9 Å². The Labute approximate surface area is 119 Å². The van der Waals surface area contributed by atoms with E-state index in [1.54, 1.807) is 17.0 Å². The number of amides is 1. The summed E-state index contributed by atoms with van der Waals surface area (Å²) in [5.41, 5.74) is 1.44. The molecule has 1 fully saturated rings. The number of carboxylic acid groups (broad SMARTS) is 1. The van der Waals surface area contributed by atoms with E-state index in [1.807, 2.05) is 14.0 Å². The summed E-state index contributed by atoms with van der Waals surface area (Å²) in [5, 5.41) is 9.08. The zero-order chi connectivity index (χ0) is 14.7. The Morgan fingerprint density at radius 1 is 1.10 bits per heavy atom. The van der Waals surface area contributed by atoms with Crippen LogP contribution in [0, 0.1) is 6.92 Å². The van der Waals surface area contributed by atoms with Gasteiger partial charge in [-0.05, 0) is 43.5 Å². The number of hydrogen-bond acceptors (Lipinski definition) is 2. The highest BCUT2D eigenvalue weighted by molar-refractivity contribution is 5.97. The minimum Gasteiger partial charge on any atom is -0.478 e. The molecule has 0 saturated heterocycles. The van der Waals surface area contributed by atoms with E-state index in [-0.39, 0.29) is 17.5 Å².